The first-order chi connectivity index (χ1) is 17.5. The summed E-state index contributed by atoms with van der Waals surface area (Å²) in [6.45, 7) is 3.53. The Bertz CT molecular complexity index is 1430. The molecule has 1 aromatic heterocycles. The van der Waals surface area contributed by atoms with E-state index in [4.69, 9.17) is 4.74 Å². The molecule has 1 amide bonds. The number of carbonyl (C=O) groups excluding carboxylic acids is 1. The quantitative estimate of drug-likeness (QED) is 0.394. The summed E-state index contributed by atoms with van der Waals surface area (Å²) in [4.78, 5) is 28.0. The molecule has 182 valence electrons. The van der Waals surface area contributed by atoms with Crippen LogP contribution in [-0.2, 0) is 0 Å². The number of amides is 1. The van der Waals surface area contributed by atoms with Crippen LogP contribution in [0, 0.1) is 12.7 Å². The van der Waals surface area contributed by atoms with E-state index < -0.39 is 11.4 Å². The van der Waals surface area contributed by atoms with E-state index in [-0.39, 0.29) is 17.3 Å². The number of nitrogens with zero attached hydrogens (tertiary/aromatic N) is 3. The minimum Gasteiger partial charge on any atom is -0.453 e. The van der Waals surface area contributed by atoms with Gasteiger partial charge in [-0.1, -0.05) is 17.7 Å². The Labute approximate surface area is 207 Å². The number of ether oxygens (including phenoxy) is 1. The van der Waals surface area contributed by atoms with E-state index in [2.05, 4.69) is 10.4 Å². The summed E-state index contributed by atoms with van der Waals surface area (Å²) in [7, 11) is 0. The van der Waals surface area contributed by atoms with Crippen molar-refractivity contribution in [2.24, 2.45) is 0 Å². The Morgan fingerprint density at radius 3 is 2.28 bits per heavy atom. The van der Waals surface area contributed by atoms with Crippen molar-refractivity contribution in [3.8, 4) is 17.2 Å². The van der Waals surface area contributed by atoms with Gasteiger partial charge in [0.1, 0.15) is 11.6 Å². The van der Waals surface area contributed by atoms with E-state index >= 15 is 0 Å². The zero-order valence-corrected chi connectivity index (χ0v) is 19.8. The van der Waals surface area contributed by atoms with Crippen molar-refractivity contribution >= 4 is 17.3 Å². The summed E-state index contributed by atoms with van der Waals surface area (Å²) in [5.41, 5.74) is 2.39. The lowest BCUT2D eigenvalue weighted by Gasteiger charge is -2.16. The molecule has 36 heavy (non-hydrogen) atoms. The standard InChI is InChI=1S/C28H25FN4O3/c1-19-4-14-24(15-5-19)36-25-18-30-33(23-12-8-21(29)9-13-23)28(35)26(25)31-22-10-6-20(7-11-22)27(34)32-16-2-3-17-32/h4-15,18,31H,2-3,16-17H2,1H3. The topological polar surface area (TPSA) is 76.5 Å². The third-order valence-corrected chi connectivity index (χ3v) is 6.06. The number of rotatable bonds is 6. The summed E-state index contributed by atoms with van der Waals surface area (Å²) in [5.74, 6) is 0.383. The molecule has 1 aliphatic heterocycles. The average molecular weight is 485 g/mol. The highest BCUT2D eigenvalue weighted by Gasteiger charge is 2.20. The maximum Gasteiger partial charge on any atom is 0.299 e. The van der Waals surface area contributed by atoms with E-state index in [9.17, 15) is 14.0 Å². The van der Waals surface area contributed by atoms with Crippen LogP contribution in [0.25, 0.3) is 5.69 Å². The van der Waals surface area contributed by atoms with Crippen molar-refractivity contribution in [1.82, 2.24) is 14.7 Å². The Kier molecular flexibility index (Phi) is 6.49. The van der Waals surface area contributed by atoms with Crippen molar-refractivity contribution in [2.45, 2.75) is 19.8 Å². The van der Waals surface area contributed by atoms with Gasteiger partial charge in [0.15, 0.2) is 11.4 Å². The second-order valence-corrected chi connectivity index (χ2v) is 8.69. The summed E-state index contributed by atoms with van der Waals surface area (Å²) in [6.07, 6.45) is 3.49. The third kappa shape index (κ3) is 4.98. The maximum absolute atomic E-state index is 13.5. The fourth-order valence-corrected chi connectivity index (χ4v) is 4.07. The number of aromatic nitrogens is 2. The summed E-state index contributed by atoms with van der Waals surface area (Å²) < 4.78 is 20.6. The molecule has 0 radical (unpaired) electrons. The van der Waals surface area contributed by atoms with Gasteiger partial charge in [0, 0.05) is 24.3 Å². The number of nitrogens with one attached hydrogen (secondary N) is 1. The fourth-order valence-electron chi connectivity index (χ4n) is 4.07. The molecule has 4 aromatic rings. The number of hydrogen-bond acceptors (Lipinski definition) is 5. The van der Waals surface area contributed by atoms with Gasteiger partial charge in [-0.3, -0.25) is 9.59 Å². The van der Waals surface area contributed by atoms with E-state index in [0.29, 0.717) is 22.7 Å². The Morgan fingerprint density at radius 2 is 1.61 bits per heavy atom. The molecule has 3 aromatic carbocycles. The number of carbonyl (C=O) groups is 1. The van der Waals surface area contributed by atoms with Gasteiger partial charge in [-0.05, 0) is 80.4 Å². The monoisotopic (exact) mass is 484 g/mol. The van der Waals surface area contributed by atoms with E-state index in [1.54, 1.807) is 24.3 Å². The molecule has 5 rings (SSSR count). The number of hydrogen-bond donors (Lipinski definition) is 1. The molecule has 0 saturated carbocycles. The van der Waals surface area contributed by atoms with Crippen LogP contribution in [0.1, 0.15) is 28.8 Å². The first-order valence-corrected chi connectivity index (χ1v) is 11.8. The molecule has 0 atom stereocenters. The fraction of sp³-hybridized carbons (Fsp3) is 0.179. The van der Waals surface area contributed by atoms with E-state index in [1.165, 1.54) is 35.1 Å². The molecule has 0 spiro atoms. The molecule has 1 N–H and O–H groups in total. The Balaban J connectivity index is 1.48. The first-order valence-electron chi connectivity index (χ1n) is 11.8. The Morgan fingerprint density at radius 1 is 0.944 bits per heavy atom. The molecule has 1 fully saturated rings. The van der Waals surface area contributed by atoms with Gasteiger partial charge in [-0.2, -0.15) is 9.78 Å². The minimum absolute atomic E-state index is 0.00465. The number of halogens is 1. The predicted octanol–water partition coefficient (Wildman–Crippen LogP) is 5.45. The van der Waals surface area contributed by atoms with Crippen LogP contribution in [0.2, 0.25) is 0 Å². The highest BCUT2D eigenvalue weighted by molar-refractivity contribution is 5.94. The summed E-state index contributed by atoms with van der Waals surface area (Å²) in [6, 6.07) is 19.9. The van der Waals surface area contributed by atoms with Gasteiger partial charge in [-0.25, -0.2) is 4.39 Å². The first kappa shape index (κ1) is 23.3. The van der Waals surface area contributed by atoms with Crippen molar-refractivity contribution in [3.63, 3.8) is 0 Å². The lowest BCUT2D eigenvalue weighted by atomic mass is 10.2. The van der Waals surface area contributed by atoms with Crippen LogP contribution in [0.4, 0.5) is 15.8 Å². The second kappa shape index (κ2) is 10.0. The van der Waals surface area contributed by atoms with Gasteiger partial charge in [0.25, 0.3) is 11.5 Å². The zero-order valence-electron chi connectivity index (χ0n) is 19.8. The number of likely N-dealkylation sites (tertiary alicyclic amines) is 1. The zero-order chi connectivity index (χ0) is 25.1. The van der Waals surface area contributed by atoms with Gasteiger partial charge in [0.05, 0.1) is 11.9 Å². The molecule has 8 heteroatoms. The third-order valence-electron chi connectivity index (χ3n) is 6.06. The highest BCUT2D eigenvalue weighted by Crippen LogP contribution is 2.29. The molecular formula is C28H25FN4O3. The smallest absolute Gasteiger partial charge is 0.299 e. The van der Waals surface area contributed by atoms with Crippen molar-refractivity contribution in [2.75, 3.05) is 18.4 Å². The van der Waals surface area contributed by atoms with E-state index in [1.807, 2.05) is 36.1 Å². The van der Waals surface area contributed by atoms with Crippen LogP contribution in [0.5, 0.6) is 11.5 Å². The van der Waals surface area contributed by atoms with Crippen LogP contribution in [0.3, 0.4) is 0 Å². The summed E-state index contributed by atoms with van der Waals surface area (Å²) >= 11 is 0. The predicted molar refractivity (Wildman–Crippen MR) is 136 cm³/mol. The van der Waals surface area contributed by atoms with Gasteiger partial charge < -0.3 is 15.0 Å². The molecule has 2 heterocycles. The average Bonchev–Trinajstić information content (AvgIpc) is 3.43. The largest absolute Gasteiger partial charge is 0.453 e. The van der Waals surface area contributed by atoms with Gasteiger partial charge in [0.2, 0.25) is 0 Å². The molecule has 0 bridgehead atoms. The van der Waals surface area contributed by atoms with Crippen LogP contribution >= 0.6 is 0 Å². The van der Waals surface area contributed by atoms with Crippen LogP contribution < -0.4 is 15.6 Å². The summed E-state index contributed by atoms with van der Waals surface area (Å²) in [5, 5.41) is 7.37. The number of anilines is 2. The van der Waals surface area contributed by atoms with E-state index in [0.717, 1.165) is 31.5 Å². The number of aryl methyl sites for hydroxylation is 1. The maximum atomic E-state index is 13.5. The van der Waals surface area contributed by atoms with Crippen molar-refractivity contribution < 1.29 is 13.9 Å². The SMILES string of the molecule is Cc1ccc(Oc2cnn(-c3ccc(F)cc3)c(=O)c2Nc2ccc(C(=O)N3CCCC3)cc2)cc1. The van der Waals surface area contributed by atoms with Crippen molar-refractivity contribution in [3.05, 3.63) is 106 Å². The highest BCUT2D eigenvalue weighted by atomic mass is 19.1. The molecule has 0 unspecified atom stereocenters. The normalized spacial score (nSPS) is 13.0. The molecular weight excluding hydrogens is 459 g/mol. The molecule has 0 aliphatic carbocycles. The van der Waals surface area contributed by atoms with Crippen LogP contribution in [0.15, 0.2) is 83.8 Å². The molecule has 1 aliphatic rings. The minimum atomic E-state index is -0.469. The molecule has 7 nitrogen and oxygen atoms in total. The van der Waals surface area contributed by atoms with Crippen molar-refractivity contribution in [1.29, 1.82) is 0 Å². The van der Waals surface area contributed by atoms with Gasteiger partial charge >= 0.3 is 0 Å². The lowest BCUT2D eigenvalue weighted by molar-refractivity contribution is 0.0793. The van der Waals surface area contributed by atoms with Gasteiger partial charge in [-0.15, -0.1) is 0 Å². The van der Waals surface area contributed by atoms with Crippen LogP contribution in [-0.4, -0.2) is 33.7 Å². The lowest BCUT2D eigenvalue weighted by Crippen LogP contribution is -2.27. The number of benzene rings is 3. The molecule has 1 saturated heterocycles. The Hall–Kier alpha value is -4.46. The second-order valence-electron chi connectivity index (χ2n) is 8.69.